The third-order valence-corrected chi connectivity index (χ3v) is 3.75. The molecule has 5 heteroatoms. The molecule has 0 spiro atoms. The van der Waals surface area contributed by atoms with Gasteiger partial charge in [0.1, 0.15) is 0 Å². The lowest BCUT2D eigenvalue weighted by atomic mass is 10.1. The monoisotopic (exact) mass is 342 g/mol. The molecule has 0 radical (unpaired) electrons. The smallest absolute Gasteiger partial charge is 0.311 e. The van der Waals surface area contributed by atoms with Gasteiger partial charge >= 0.3 is 11.9 Å². The molecule has 0 aliphatic heterocycles. The van der Waals surface area contributed by atoms with Gasteiger partial charge in [-0.05, 0) is 25.7 Å². The van der Waals surface area contributed by atoms with Crippen molar-refractivity contribution in [3.63, 3.8) is 0 Å². The lowest BCUT2D eigenvalue weighted by Gasteiger charge is -2.10. The molecule has 24 heavy (non-hydrogen) atoms. The number of unbranched alkanes of at least 4 members (excludes halogenated alkanes) is 7. The van der Waals surface area contributed by atoms with E-state index in [4.69, 9.17) is 4.74 Å². The molecular weight excluding hydrogens is 308 g/mol. The highest BCUT2D eigenvalue weighted by Crippen LogP contribution is 2.09. The molecule has 1 N–H and O–H groups in total. The van der Waals surface area contributed by atoms with Crippen LogP contribution >= 0.6 is 0 Å². The van der Waals surface area contributed by atoms with E-state index in [1.165, 1.54) is 7.11 Å². The predicted molar refractivity (Wildman–Crippen MR) is 94.3 cm³/mol. The molecule has 0 bridgehead atoms. The van der Waals surface area contributed by atoms with Gasteiger partial charge in [0, 0.05) is 12.8 Å². The first-order valence-corrected chi connectivity index (χ1v) is 9.19. The maximum atomic E-state index is 11.5. The van der Waals surface area contributed by atoms with Gasteiger partial charge in [0.15, 0.2) is 0 Å². The van der Waals surface area contributed by atoms with Gasteiger partial charge in [-0.15, -0.1) is 0 Å². The van der Waals surface area contributed by atoms with Crippen LogP contribution in [0.4, 0.5) is 0 Å². The summed E-state index contributed by atoms with van der Waals surface area (Å²) in [5.41, 5.74) is 0. The van der Waals surface area contributed by atoms with Crippen LogP contribution in [-0.4, -0.2) is 30.4 Å². The molecule has 0 aromatic carbocycles. The van der Waals surface area contributed by atoms with Crippen molar-refractivity contribution in [1.82, 2.24) is 0 Å². The Labute approximate surface area is 146 Å². The first kappa shape index (κ1) is 22.6. The van der Waals surface area contributed by atoms with Gasteiger partial charge < -0.3 is 14.6 Å². The SMILES string of the molecule is CCCCCC(O)OC(=O)CC=CCCCCCCCC(=O)OC. The van der Waals surface area contributed by atoms with Crippen molar-refractivity contribution in [3.05, 3.63) is 12.2 Å². The van der Waals surface area contributed by atoms with E-state index >= 15 is 0 Å². The van der Waals surface area contributed by atoms with E-state index in [1.54, 1.807) is 6.08 Å². The zero-order chi connectivity index (χ0) is 18.0. The first-order valence-electron chi connectivity index (χ1n) is 9.19. The van der Waals surface area contributed by atoms with E-state index in [-0.39, 0.29) is 18.4 Å². The molecule has 0 aromatic rings. The summed E-state index contributed by atoms with van der Waals surface area (Å²) in [6.07, 6.45) is 13.2. The number of ether oxygens (including phenoxy) is 2. The number of rotatable bonds is 15. The second-order valence-corrected chi connectivity index (χ2v) is 6.00. The Morgan fingerprint density at radius 3 is 2.38 bits per heavy atom. The lowest BCUT2D eigenvalue weighted by Crippen LogP contribution is -2.16. The standard InChI is InChI=1S/C19H34O5/c1-3-4-11-15-18(21)24-19(22)16-13-10-8-6-5-7-9-12-14-17(20)23-2/h10,13,18,21H,3-9,11-12,14-16H2,1-2H3. The molecule has 140 valence electrons. The van der Waals surface area contributed by atoms with Crippen molar-refractivity contribution in [2.24, 2.45) is 0 Å². The Balaban J connectivity index is 3.45. The number of aliphatic hydroxyl groups is 1. The molecular formula is C19H34O5. The number of methoxy groups -OCH3 is 1. The molecule has 0 aromatic heterocycles. The van der Waals surface area contributed by atoms with Gasteiger partial charge in [-0.25, -0.2) is 0 Å². The van der Waals surface area contributed by atoms with Gasteiger partial charge in [-0.3, -0.25) is 9.59 Å². The van der Waals surface area contributed by atoms with Crippen molar-refractivity contribution in [3.8, 4) is 0 Å². The Hall–Kier alpha value is -1.36. The predicted octanol–water partition coefficient (Wildman–Crippen LogP) is 4.28. The van der Waals surface area contributed by atoms with Gasteiger partial charge in [0.2, 0.25) is 6.29 Å². The summed E-state index contributed by atoms with van der Waals surface area (Å²) in [6.45, 7) is 2.09. The highest BCUT2D eigenvalue weighted by atomic mass is 16.6. The lowest BCUT2D eigenvalue weighted by molar-refractivity contribution is -0.167. The second-order valence-electron chi connectivity index (χ2n) is 6.00. The molecule has 1 unspecified atom stereocenters. The fourth-order valence-electron chi connectivity index (χ4n) is 2.29. The molecule has 0 saturated heterocycles. The molecule has 0 fully saturated rings. The van der Waals surface area contributed by atoms with E-state index in [1.807, 2.05) is 6.08 Å². The van der Waals surface area contributed by atoms with Gasteiger partial charge in [-0.2, -0.15) is 0 Å². The van der Waals surface area contributed by atoms with Crippen LogP contribution in [0, 0.1) is 0 Å². The summed E-state index contributed by atoms with van der Waals surface area (Å²) < 4.78 is 9.51. The van der Waals surface area contributed by atoms with Crippen LogP contribution in [0.5, 0.6) is 0 Å². The molecule has 0 aliphatic carbocycles. The summed E-state index contributed by atoms with van der Waals surface area (Å²) in [5, 5.41) is 9.54. The van der Waals surface area contributed by atoms with E-state index < -0.39 is 6.29 Å². The van der Waals surface area contributed by atoms with Crippen LogP contribution in [0.15, 0.2) is 12.2 Å². The Morgan fingerprint density at radius 1 is 0.958 bits per heavy atom. The van der Waals surface area contributed by atoms with Crippen LogP contribution in [0.3, 0.4) is 0 Å². The topological polar surface area (TPSA) is 72.8 Å². The maximum Gasteiger partial charge on any atom is 0.311 e. The van der Waals surface area contributed by atoms with Crippen LogP contribution in [0.1, 0.15) is 84.0 Å². The summed E-state index contributed by atoms with van der Waals surface area (Å²) >= 11 is 0. The number of allylic oxidation sites excluding steroid dienone is 1. The minimum Gasteiger partial charge on any atom is -0.469 e. The minimum absolute atomic E-state index is 0.139. The van der Waals surface area contributed by atoms with Crippen molar-refractivity contribution in [2.75, 3.05) is 7.11 Å². The Kier molecular flexibility index (Phi) is 15.6. The summed E-state index contributed by atoms with van der Waals surface area (Å²) in [5.74, 6) is -0.515. The number of aliphatic hydroxyl groups excluding tert-OH is 1. The Morgan fingerprint density at radius 2 is 1.67 bits per heavy atom. The number of esters is 2. The molecule has 0 aliphatic rings. The quantitative estimate of drug-likeness (QED) is 0.208. The van der Waals surface area contributed by atoms with Gasteiger partial charge in [0.05, 0.1) is 13.5 Å². The second kappa shape index (κ2) is 16.5. The highest BCUT2D eigenvalue weighted by molar-refractivity contribution is 5.71. The number of hydrogen-bond donors (Lipinski definition) is 1. The van der Waals surface area contributed by atoms with Crippen LogP contribution < -0.4 is 0 Å². The highest BCUT2D eigenvalue weighted by Gasteiger charge is 2.08. The summed E-state index contributed by atoms with van der Waals surface area (Å²) in [7, 11) is 1.41. The third kappa shape index (κ3) is 15.5. The fourth-order valence-corrected chi connectivity index (χ4v) is 2.29. The average Bonchev–Trinajstić information content (AvgIpc) is 2.56. The zero-order valence-electron chi connectivity index (χ0n) is 15.3. The minimum atomic E-state index is -0.970. The molecule has 5 nitrogen and oxygen atoms in total. The Bertz CT molecular complexity index is 352. The van der Waals surface area contributed by atoms with Crippen LogP contribution in [-0.2, 0) is 19.1 Å². The van der Waals surface area contributed by atoms with Crippen molar-refractivity contribution in [1.29, 1.82) is 0 Å². The van der Waals surface area contributed by atoms with E-state index in [2.05, 4.69) is 11.7 Å². The van der Waals surface area contributed by atoms with E-state index in [9.17, 15) is 14.7 Å². The van der Waals surface area contributed by atoms with Crippen LogP contribution in [0.2, 0.25) is 0 Å². The molecule has 0 saturated carbocycles. The molecule has 0 rings (SSSR count). The average molecular weight is 342 g/mol. The van der Waals surface area contributed by atoms with Crippen LogP contribution in [0.25, 0.3) is 0 Å². The van der Waals surface area contributed by atoms with Gasteiger partial charge in [0.25, 0.3) is 0 Å². The third-order valence-electron chi connectivity index (χ3n) is 3.75. The van der Waals surface area contributed by atoms with Crippen molar-refractivity contribution < 1.29 is 24.2 Å². The zero-order valence-corrected chi connectivity index (χ0v) is 15.3. The first-order chi connectivity index (χ1) is 11.6. The molecule has 0 amide bonds. The maximum absolute atomic E-state index is 11.5. The summed E-state index contributed by atoms with van der Waals surface area (Å²) in [6, 6.07) is 0. The van der Waals surface area contributed by atoms with E-state index in [0.29, 0.717) is 12.8 Å². The van der Waals surface area contributed by atoms with Gasteiger partial charge in [-0.1, -0.05) is 51.2 Å². The summed E-state index contributed by atoms with van der Waals surface area (Å²) in [4.78, 5) is 22.4. The number of carbonyl (C=O) groups is 2. The number of carbonyl (C=O) groups excluding carboxylic acids is 2. The largest absolute Gasteiger partial charge is 0.469 e. The molecule has 0 heterocycles. The van der Waals surface area contributed by atoms with E-state index in [0.717, 1.165) is 57.8 Å². The van der Waals surface area contributed by atoms with Crippen molar-refractivity contribution in [2.45, 2.75) is 90.3 Å². The fraction of sp³-hybridized carbons (Fsp3) is 0.789. The number of hydrogen-bond acceptors (Lipinski definition) is 5. The van der Waals surface area contributed by atoms with Crippen molar-refractivity contribution >= 4 is 11.9 Å². The normalized spacial score (nSPS) is 12.3. The molecule has 1 atom stereocenters.